The van der Waals surface area contributed by atoms with Crippen molar-refractivity contribution in [3.05, 3.63) is 0 Å². The van der Waals surface area contributed by atoms with Gasteiger partial charge in [0.05, 0.1) is 6.61 Å². The predicted molar refractivity (Wildman–Crippen MR) is 71.9 cm³/mol. The highest BCUT2D eigenvalue weighted by molar-refractivity contribution is 4.85. The molecule has 2 aliphatic rings. The van der Waals surface area contributed by atoms with Gasteiger partial charge in [-0.05, 0) is 37.0 Å². The van der Waals surface area contributed by atoms with Crippen molar-refractivity contribution in [1.29, 1.82) is 0 Å². The van der Waals surface area contributed by atoms with Crippen LogP contribution in [-0.4, -0.2) is 19.3 Å². The molecule has 2 N–H and O–H groups in total. The Kier molecular flexibility index (Phi) is 5.30. The van der Waals surface area contributed by atoms with E-state index >= 15 is 0 Å². The van der Waals surface area contributed by atoms with E-state index in [2.05, 4.69) is 6.92 Å². The van der Waals surface area contributed by atoms with Crippen LogP contribution in [0.2, 0.25) is 0 Å². The minimum Gasteiger partial charge on any atom is -0.381 e. The lowest BCUT2D eigenvalue weighted by Crippen LogP contribution is -2.39. The fourth-order valence-electron chi connectivity index (χ4n) is 3.60. The van der Waals surface area contributed by atoms with Gasteiger partial charge in [0.25, 0.3) is 0 Å². The van der Waals surface area contributed by atoms with Crippen LogP contribution in [0.25, 0.3) is 0 Å². The normalized spacial score (nSPS) is 36.0. The molecule has 100 valence electrons. The Morgan fingerprint density at radius 2 is 1.88 bits per heavy atom. The molecular formula is C15H29NO. The second-order valence-corrected chi connectivity index (χ2v) is 6.12. The fraction of sp³-hybridized carbons (Fsp3) is 1.00. The zero-order valence-electron chi connectivity index (χ0n) is 11.4. The van der Waals surface area contributed by atoms with E-state index in [9.17, 15) is 0 Å². The molecule has 2 rings (SSSR count). The van der Waals surface area contributed by atoms with Gasteiger partial charge in [0.15, 0.2) is 0 Å². The second kappa shape index (κ2) is 6.75. The van der Waals surface area contributed by atoms with Crippen LogP contribution in [0.15, 0.2) is 0 Å². The average molecular weight is 239 g/mol. The molecule has 2 heteroatoms. The molecule has 1 aliphatic carbocycles. The monoisotopic (exact) mass is 239 g/mol. The van der Waals surface area contributed by atoms with Crippen LogP contribution in [0.1, 0.15) is 58.3 Å². The third-order valence-electron chi connectivity index (χ3n) is 4.91. The lowest BCUT2D eigenvalue weighted by molar-refractivity contribution is 0.157. The Bertz CT molecular complexity index is 205. The highest BCUT2D eigenvalue weighted by Gasteiger charge is 2.31. The summed E-state index contributed by atoms with van der Waals surface area (Å²) in [6, 6.07) is 0.407. The Morgan fingerprint density at radius 3 is 2.47 bits per heavy atom. The van der Waals surface area contributed by atoms with E-state index < -0.39 is 0 Å². The summed E-state index contributed by atoms with van der Waals surface area (Å²) in [4.78, 5) is 0. The Balaban J connectivity index is 1.70. The zero-order valence-corrected chi connectivity index (χ0v) is 11.4. The van der Waals surface area contributed by atoms with Crippen molar-refractivity contribution < 1.29 is 4.74 Å². The van der Waals surface area contributed by atoms with Crippen molar-refractivity contribution in [2.24, 2.45) is 23.5 Å². The molecule has 2 nitrogen and oxygen atoms in total. The minimum absolute atomic E-state index is 0.407. The Morgan fingerprint density at radius 1 is 1.12 bits per heavy atom. The maximum Gasteiger partial charge on any atom is 0.0510 e. The zero-order chi connectivity index (χ0) is 12.1. The van der Waals surface area contributed by atoms with Crippen molar-refractivity contribution >= 4 is 0 Å². The Hall–Kier alpha value is -0.0800. The first-order valence-electron chi connectivity index (χ1n) is 7.64. The number of ether oxygens (including phenoxy) is 1. The molecule has 0 bridgehead atoms. The molecule has 0 spiro atoms. The van der Waals surface area contributed by atoms with Crippen LogP contribution in [0.3, 0.4) is 0 Å². The first-order valence-corrected chi connectivity index (χ1v) is 7.64. The molecule has 2 unspecified atom stereocenters. The number of hydrogen-bond donors (Lipinski definition) is 1. The maximum atomic E-state index is 6.42. The molecule has 0 aromatic carbocycles. The molecule has 0 amide bonds. The van der Waals surface area contributed by atoms with Gasteiger partial charge in [0, 0.05) is 12.6 Å². The third-order valence-corrected chi connectivity index (χ3v) is 4.91. The number of rotatable bonds is 5. The lowest BCUT2D eigenvalue weighted by Gasteiger charge is -2.34. The molecule has 2 atom stereocenters. The molecule has 17 heavy (non-hydrogen) atoms. The van der Waals surface area contributed by atoms with Gasteiger partial charge >= 0.3 is 0 Å². The van der Waals surface area contributed by atoms with Gasteiger partial charge in [-0.1, -0.05) is 39.0 Å². The molecule has 1 saturated carbocycles. The van der Waals surface area contributed by atoms with Crippen LogP contribution in [0.4, 0.5) is 0 Å². The molecular weight excluding hydrogens is 210 g/mol. The molecule has 1 saturated heterocycles. The largest absolute Gasteiger partial charge is 0.381 e. The van der Waals surface area contributed by atoms with Crippen LogP contribution < -0.4 is 5.73 Å². The summed E-state index contributed by atoms with van der Waals surface area (Å²) in [5, 5.41) is 0. The molecule has 0 aromatic rings. The van der Waals surface area contributed by atoms with Gasteiger partial charge < -0.3 is 10.5 Å². The number of nitrogens with two attached hydrogens (primary N) is 1. The maximum absolute atomic E-state index is 6.42. The predicted octanol–water partition coefficient (Wildman–Crippen LogP) is 3.35. The minimum atomic E-state index is 0.407. The van der Waals surface area contributed by atoms with Gasteiger partial charge in [-0.3, -0.25) is 0 Å². The molecule has 2 fully saturated rings. The SMILES string of the molecule is CCCCC1CCC(C(N)C2CCOC2)CC1. The van der Waals surface area contributed by atoms with E-state index in [1.807, 2.05) is 0 Å². The molecule has 1 aliphatic heterocycles. The average Bonchev–Trinajstić information content (AvgIpc) is 2.90. The van der Waals surface area contributed by atoms with Gasteiger partial charge in [-0.2, -0.15) is 0 Å². The van der Waals surface area contributed by atoms with Crippen LogP contribution >= 0.6 is 0 Å². The molecule has 0 radical (unpaired) electrons. The smallest absolute Gasteiger partial charge is 0.0510 e. The van der Waals surface area contributed by atoms with E-state index in [-0.39, 0.29) is 0 Å². The summed E-state index contributed by atoms with van der Waals surface area (Å²) in [6.07, 6.45) is 11.0. The van der Waals surface area contributed by atoms with Gasteiger partial charge in [0.1, 0.15) is 0 Å². The van der Waals surface area contributed by atoms with Crippen molar-refractivity contribution in [2.75, 3.05) is 13.2 Å². The summed E-state index contributed by atoms with van der Waals surface area (Å²) in [5.74, 6) is 2.42. The standard InChI is InChI=1S/C15H29NO/c1-2-3-4-12-5-7-13(8-6-12)15(16)14-9-10-17-11-14/h12-15H,2-11,16H2,1H3. The molecule has 1 heterocycles. The van der Waals surface area contributed by atoms with E-state index in [0.29, 0.717) is 12.0 Å². The fourth-order valence-corrected chi connectivity index (χ4v) is 3.60. The number of hydrogen-bond acceptors (Lipinski definition) is 2. The van der Waals surface area contributed by atoms with E-state index in [1.54, 1.807) is 0 Å². The highest BCUT2D eigenvalue weighted by atomic mass is 16.5. The van der Waals surface area contributed by atoms with Gasteiger partial charge in [-0.15, -0.1) is 0 Å². The summed E-state index contributed by atoms with van der Waals surface area (Å²) in [5.41, 5.74) is 6.42. The van der Waals surface area contributed by atoms with Gasteiger partial charge in [0.2, 0.25) is 0 Å². The summed E-state index contributed by atoms with van der Waals surface area (Å²) < 4.78 is 5.46. The van der Waals surface area contributed by atoms with E-state index in [0.717, 1.165) is 25.0 Å². The van der Waals surface area contributed by atoms with E-state index in [4.69, 9.17) is 10.5 Å². The molecule has 0 aromatic heterocycles. The van der Waals surface area contributed by atoms with Crippen molar-refractivity contribution in [3.63, 3.8) is 0 Å². The van der Waals surface area contributed by atoms with Gasteiger partial charge in [-0.25, -0.2) is 0 Å². The van der Waals surface area contributed by atoms with Crippen molar-refractivity contribution in [3.8, 4) is 0 Å². The van der Waals surface area contributed by atoms with Crippen LogP contribution in [0.5, 0.6) is 0 Å². The van der Waals surface area contributed by atoms with Crippen molar-refractivity contribution in [2.45, 2.75) is 64.3 Å². The quantitative estimate of drug-likeness (QED) is 0.798. The topological polar surface area (TPSA) is 35.2 Å². The Labute approximate surface area is 106 Å². The van der Waals surface area contributed by atoms with Crippen LogP contribution in [0, 0.1) is 17.8 Å². The summed E-state index contributed by atoms with van der Waals surface area (Å²) in [7, 11) is 0. The van der Waals surface area contributed by atoms with E-state index in [1.165, 1.54) is 51.4 Å². The first kappa shape index (κ1) is 13.4. The highest BCUT2D eigenvalue weighted by Crippen LogP contribution is 2.35. The lowest BCUT2D eigenvalue weighted by atomic mass is 9.74. The second-order valence-electron chi connectivity index (χ2n) is 6.12. The summed E-state index contributed by atoms with van der Waals surface area (Å²) >= 11 is 0. The number of unbranched alkanes of at least 4 members (excludes halogenated alkanes) is 1. The third kappa shape index (κ3) is 3.69. The first-order chi connectivity index (χ1) is 8.31. The summed E-state index contributed by atoms with van der Waals surface area (Å²) in [6.45, 7) is 4.14. The van der Waals surface area contributed by atoms with Crippen LogP contribution in [-0.2, 0) is 4.74 Å². The van der Waals surface area contributed by atoms with Crippen molar-refractivity contribution in [1.82, 2.24) is 0 Å².